The maximum atomic E-state index is 11.1. The third-order valence-corrected chi connectivity index (χ3v) is 1.96. The van der Waals surface area contributed by atoms with Crippen LogP contribution in [-0.4, -0.2) is 68.4 Å². The molecule has 0 aliphatic carbocycles. The van der Waals surface area contributed by atoms with Gasteiger partial charge >= 0.3 is 0 Å². The van der Waals surface area contributed by atoms with Crippen LogP contribution in [0.3, 0.4) is 0 Å². The van der Waals surface area contributed by atoms with E-state index < -0.39 is 42.8 Å². The van der Waals surface area contributed by atoms with Gasteiger partial charge in [-0.3, -0.25) is 14.9 Å². The number of nitrogens with one attached hydrogen (secondary N) is 1. The van der Waals surface area contributed by atoms with Crippen molar-refractivity contribution in [3.05, 3.63) is 12.7 Å². The molecular weight excluding hydrogens is 234 g/mol. The van der Waals surface area contributed by atoms with Gasteiger partial charge in [0.2, 0.25) is 5.91 Å². The zero-order valence-corrected chi connectivity index (χ0v) is 8.85. The summed E-state index contributed by atoms with van der Waals surface area (Å²) in [6.07, 6.45) is -7.05. The van der Waals surface area contributed by atoms with Gasteiger partial charge in [-0.15, -0.1) is 0 Å². The normalized spacial score (nSPS) is 17.7. The van der Waals surface area contributed by atoms with Crippen molar-refractivity contribution in [3.63, 3.8) is 0 Å². The van der Waals surface area contributed by atoms with E-state index in [0.717, 1.165) is 6.08 Å². The molecule has 0 aromatic rings. The Balaban J connectivity index is 4.48. The van der Waals surface area contributed by atoms with Crippen molar-refractivity contribution in [2.75, 3.05) is 6.61 Å². The van der Waals surface area contributed by atoms with Crippen molar-refractivity contribution in [3.8, 4) is 0 Å². The first kappa shape index (κ1) is 15.7. The zero-order valence-electron chi connectivity index (χ0n) is 8.85. The number of amides is 2. The topological polar surface area (TPSA) is 147 Å². The summed E-state index contributed by atoms with van der Waals surface area (Å²) in [6.45, 7) is 2.20. The molecule has 17 heavy (non-hydrogen) atoms. The van der Waals surface area contributed by atoms with E-state index in [4.69, 9.17) is 10.2 Å². The van der Waals surface area contributed by atoms with E-state index in [-0.39, 0.29) is 0 Å². The lowest BCUT2D eigenvalue weighted by atomic mass is 10.0. The molecule has 4 unspecified atom stereocenters. The fourth-order valence-electron chi connectivity index (χ4n) is 0.924. The number of hydrogen-bond donors (Lipinski definition) is 6. The first-order valence-electron chi connectivity index (χ1n) is 4.65. The zero-order chi connectivity index (χ0) is 13.6. The van der Waals surface area contributed by atoms with Crippen LogP contribution in [0.2, 0.25) is 0 Å². The second-order valence-electron chi connectivity index (χ2n) is 3.23. The van der Waals surface area contributed by atoms with Gasteiger partial charge in [0.25, 0.3) is 5.91 Å². The molecule has 2 amide bonds. The van der Waals surface area contributed by atoms with Crippen molar-refractivity contribution >= 4 is 11.8 Å². The largest absolute Gasteiger partial charge is 0.394 e. The van der Waals surface area contributed by atoms with E-state index in [1.54, 1.807) is 5.32 Å². The number of rotatable bonds is 6. The van der Waals surface area contributed by atoms with Gasteiger partial charge in [0.05, 0.1) is 6.61 Å². The van der Waals surface area contributed by atoms with E-state index in [1.165, 1.54) is 0 Å². The molecule has 4 atom stereocenters. The molecule has 0 aromatic carbocycles. The molecule has 0 aromatic heterocycles. The Hall–Kier alpha value is -1.32. The van der Waals surface area contributed by atoms with Crippen molar-refractivity contribution in [1.29, 1.82) is 0 Å². The fraction of sp³-hybridized carbons (Fsp3) is 0.556. The molecular formula is C9H15NO7. The van der Waals surface area contributed by atoms with Crippen molar-refractivity contribution in [2.45, 2.75) is 24.4 Å². The Labute approximate surface area is 96.8 Å². The summed E-state index contributed by atoms with van der Waals surface area (Å²) in [6, 6.07) is 0. The maximum Gasteiger partial charge on any atom is 0.258 e. The standard InChI is InChI=1S/C9H15NO7/c1-2-5(13)10-9(17)8(16)7(15)6(14)4(12)3-11/h2,4,6-8,11-12,14-16H,1,3H2,(H,10,13,17). The first-order chi connectivity index (χ1) is 7.84. The molecule has 0 fully saturated rings. The second-order valence-corrected chi connectivity index (χ2v) is 3.23. The number of aliphatic hydroxyl groups excluding tert-OH is 5. The minimum Gasteiger partial charge on any atom is -0.394 e. The van der Waals surface area contributed by atoms with Gasteiger partial charge in [-0.2, -0.15) is 0 Å². The summed E-state index contributed by atoms with van der Waals surface area (Å²) in [5, 5.41) is 46.8. The van der Waals surface area contributed by atoms with Crippen LogP contribution in [0.5, 0.6) is 0 Å². The lowest BCUT2D eigenvalue weighted by Gasteiger charge is -2.24. The van der Waals surface area contributed by atoms with Gasteiger partial charge in [0.1, 0.15) is 18.3 Å². The summed E-state index contributed by atoms with van der Waals surface area (Å²) in [5.41, 5.74) is 0. The molecule has 0 saturated carbocycles. The average molecular weight is 249 g/mol. The summed E-state index contributed by atoms with van der Waals surface area (Å²) in [4.78, 5) is 21.8. The number of imide groups is 1. The number of carbonyl (C=O) groups is 2. The van der Waals surface area contributed by atoms with Gasteiger partial charge in [0.15, 0.2) is 6.10 Å². The van der Waals surface area contributed by atoms with Crippen LogP contribution in [0.25, 0.3) is 0 Å². The second kappa shape index (κ2) is 7.09. The van der Waals surface area contributed by atoms with E-state index in [2.05, 4.69) is 6.58 Å². The third kappa shape index (κ3) is 4.59. The SMILES string of the molecule is C=CC(=O)NC(=O)C(O)C(O)C(O)C(O)CO. The van der Waals surface area contributed by atoms with Crippen molar-refractivity contribution < 1.29 is 35.1 Å². The highest BCUT2D eigenvalue weighted by molar-refractivity contribution is 6.02. The molecule has 0 aliphatic heterocycles. The molecule has 0 rings (SSSR count). The van der Waals surface area contributed by atoms with Crippen LogP contribution >= 0.6 is 0 Å². The van der Waals surface area contributed by atoms with E-state index in [0.29, 0.717) is 0 Å². The lowest BCUT2D eigenvalue weighted by molar-refractivity contribution is -0.150. The third-order valence-electron chi connectivity index (χ3n) is 1.96. The summed E-state index contributed by atoms with van der Waals surface area (Å²) >= 11 is 0. The highest BCUT2D eigenvalue weighted by Crippen LogP contribution is 2.05. The van der Waals surface area contributed by atoms with Crippen LogP contribution < -0.4 is 5.32 Å². The van der Waals surface area contributed by atoms with E-state index in [9.17, 15) is 24.9 Å². The van der Waals surface area contributed by atoms with Crippen LogP contribution in [0.4, 0.5) is 0 Å². The van der Waals surface area contributed by atoms with Crippen LogP contribution in [0.15, 0.2) is 12.7 Å². The highest BCUT2D eigenvalue weighted by atomic mass is 16.4. The quantitative estimate of drug-likeness (QED) is 0.265. The molecule has 8 heteroatoms. The Kier molecular flexibility index (Phi) is 6.54. The predicted octanol–water partition coefficient (Wildman–Crippen LogP) is -3.75. The fourth-order valence-corrected chi connectivity index (χ4v) is 0.924. The van der Waals surface area contributed by atoms with Crippen LogP contribution in [0, 0.1) is 0 Å². The number of aliphatic hydroxyl groups is 5. The summed E-state index contributed by atoms with van der Waals surface area (Å²) in [5.74, 6) is -2.15. The van der Waals surface area contributed by atoms with Crippen molar-refractivity contribution in [1.82, 2.24) is 5.32 Å². The van der Waals surface area contributed by atoms with Gasteiger partial charge in [-0.1, -0.05) is 6.58 Å². The molecule has 0 radical (unpaired) electrons. The summed E-state index contributed by atoms with van der Waals surface area (Å²) < 4.78 is 0. The molecule has 0 saturated heterocycles. The van der Waals surface area contributed by atoms with Gasteiger partial charge < -0.3 is 25.5 Å². The van der Waals surface area contributed by atoms with Crippen LogP contribution in [0.1, 0.15) is 0 Å². The molecule has 0 heterocycles. The molecule has 98 valence electrons. The monoisotopic (exact) mass is 249 g/mol. The van der Waals surface area contributed by atoms with E-state index >= 15 is 0 Å². The number of carbonyl (C=O) groups excluding carboxylic acids is 2. The lowest BCUT2D eigenvalue weighted by Crippen LogP contribution is -2.52. The van der Waals surface area contributed by atoms with E-state index in [1.807, 2.05) is 0 Å². The average Bonchev–Trinajstić information content (AvgIpc) is 2.34. The minimum atomic E-state index is -2.13. The molecule has 8 nitrogen and oxygen atoms in total. The Morgan fingerprint density at radius 2 is 1.71 bits per heavy atom. The minimum absolute atomic E-state index is 0.774. The number of hydrogen-bond acceptors (Lipinski definition) is 7. The van der Waals surface area contributed by atoms with Crippen molar-refractivity contribution in [2.24, 2.45) is 0 Å². The molecule has 0 spiro atoms. The maximum absolute atomic E-state index is 11.1. The molecule has 0 bridgehead atoms. The Bertz CT molecular complexity index is 293. The highest BCUT2D eigenvalue weighted by Gasteiger charge is 2.34. The Morgan fingerprint density at radius 3 is 2.12 bits per heavy atom. The smallest absolute Gasteiger partial charge is 0.258 e. The molecule has 0 aliphatic rings. The first-order valence-corrected chi connectivity index (χ1v) is 4.65. The summed E-state index contributed by atoms with van der Waals surface area (Å²) in [7, 11) is 0. The van der Waals surface area contributed by atoms with Gasteiger partial charge in [-0.05, 0) is 6.08 Å². The van der Waals surface area contributed by atoms with Crippen LogP contribution in [-0.2, 0) is 9.59 Å². The molecule has 6 N–H and O–H groups in total. The predicted molar refractivity (Wildman–Crippen MR) is 54.5 cm³/mol. The van der Waals surface area contributed by atoms with Gasteiger partial charge in [0, 0.05) is 0 Å². The van der Waals surface area contributed by atoms with Gasteiger partial charge in [-0.25, -0.2) is 0 Å². The Morgan fingerprint density at radius 1 is 1.18 bits per heavy atom.